The third-order valence-corrected chi connectivity index (χ3v) is 7.68. The number of anilines is 2. The number of hydrogen-bond donors (Lipinski definition) is 2. The number of nitrogens with one attached hydrogen (secondary N) is 2. The van der Waals surface area contributed by atoms with Crippen molar-refractivity contribution in [2.75, 3.05) is 18.4 Å². The number of fused-ring (bicyclic) bond motifs is 1. The lowest BCUT2D eigenvalue weighted by Crippen LogP contribution is -2.42. The number of aromatic amines is 1. The summed E-state index contributed by atoms with van der Waals surface area (Å²) in [5.41, 5.74) is 2.87. The lowest BCUT2D eigenvalue weighted by atomic mass is 9.96. The van der Waals surface area contributed by atoms with Gasteiger partial charge in [0.15, 0.2) is 0 Å². The molecule has 2 N–H and O–H groups in total. The van der Waals surface area contributed by atoms with Crippen LogP contribution >= 0.6 is 11.3 Å². The van der Waals surface area contributed by atoms with E-state index in [1.165, 1.54) is 39.5 Å². The molecule has 1 aromatic carbocycles. The zero-order valence-corrected chi connectivity index (χ0v) is 19.5. The van der Waals surface area contributed by atoms with Crippen molar-refractivity contribution < 1.29 is 4.79 Å². The van der Waals surface area contributed by atoms with Crippen LogP contribution < -0.4 is 16.6 Å². The predicted molar refractivity (Wildman–Crippen MR) is 131 cm³/mol. The third-order valence-electron chi connectivity index (χ3n) is 6.69. The molecule has 1 aliphatic carbocycles. The van der Waals surface area contributed by atoms with Crippen LogP contribution in [0.2, 0.25) is 0 Å². The van der Waals surface area contributed by atoms with Gasteiger partial charge in [0.05, 0.1) is 4.88 Å². The molecule has 2 aliphatic rings. The molecule has 7 nitrogen and oxygen atoms in total. The summed E-state index contributed by atoms with van der Waals surface area (Å²) in [5.74, 6) is 0.669. The number of nitrogens with zero attached hydrogens (tertiary/aromatic N) is 2. The highest BCUT2D eigenvalue weighted by molar-refractivity contribution is 7.13. The minimum absolute atomic E-state index is 0.0727. The number of rotatable bonds is 5. The van der Waals surface area contributed by atoms with Crippen molar-refractivity contribution in [3.63, 3.8) is 0 Å². The van der Waals surface area contributed by atoms with Crippen molar-refractivity contribution in [1.82, 2.24) is 14.5 Å². The monoisotopic (exact) mass is 464 g/mol. The van der Waals surface area contributed by atoms with Crippen molar-refractivity contribution in [3.8, 4) is 0 Å². The highest BCUT2D eigenvalue weighted by Gasteiger charge is 2.25. The average molecular weight is 465 g/mol. The summed E-state index contributed by atoms with van der Waals surface area (Å²) >= 11 is 1.52. The molecule has 172 valence electrons. The fourth-order valence-electron chi connectivity index (χ4n) is 4.85. The SMILES string of the molecule is Cc1ccc(C(=O)N2CCC(Cn3c(=O)cc(Nc4ccc5c(c4)CCC5)[nH]c3=O)CC2)s1. The molecule has 33 heavy (non-hydrogen) atoms. The van der Waals surface area contributed by atoms with Gasteiger partial charge in [-0.15, -0.1) is 11.3 Å². The lowest BCUT2D eigenvalue weighted by Gasteiger charge is -2.31. The second-order valence-electron chi connectivity index (χ2n) is 9.04. The highest BCUT2D eigenvalue weighted by Crippen LogP contribution is 2.26. The Morgan fingerprint density at radius 2 is 1.88 bits per heavy atom. The molecule has 0 spiro atoms. The number of aryl methyl sites for hydroxylation is 3. The summed E-state index contributed by atoms with van der Waals surface area (Å²) in [6.07, 6.45) is 4.91. The third kappa shape index (κ3) is 4.66. The van der Waals surface area contributed by atoms with Gasteiger partial charge in [0.25, 0.3) is 11.5 Å². The molecule has 0 bridgehead atoms. The maximum absolute atomic E-state index is 12.7. The number of carbonyl (C=O) groups excluding carboxylic acids is 1. The summed E-state index contributed by atoms with van der Waals surface area (Å²) in [6, 6.07) is 11.5. The van der Waals surface area contributed by atoms with Crippen molar-refractivity contribution in [3.05, 3.63) is 78.1 Å². The molecule has 1 saturated heterocycles. The number of piperidine rings is 1. The zero-order chi connectivity index (χ0) is 22.9. The van der Waals surface area contributed by atoms with Gasteiger partial charge in [0.1, 0.15) is 5.82 Å². The normalized spacial score (nSPS) is 16.1. The average Bonchev–Trinajstić information content (AvgIpc) is 3.45. The first-order valence-electron chi connectivity index (χ1n) is 11.5. The molecule has 3 aromatic rings. The van der Waals surface area contributed by atoms with Crippen LogP contribution in [-0.2, 0) is 19.4 Å². The maximum Gasteiger partial charge on any atom is 0.329 e. The van der Waals surface area contributed by atoms with Crippen LogP contribution in [0.1, 0.15) is 44.9 Å². The van der Waals surface area contributed by atoms with Crippen molar-refractivity contribution >= 4 is 28.7 Å². The van der Waals surface area contributed by atoms with Gasteiger partial charge >= 0.3 is 5.69 Å². The number of thiophene rings is 1. The largest absolute Gasteiger partial charge is 0.342 e. The summed E-state index contributed by atoms with van der Waals surface area (Å²) in [7, 11) is 0. The number of H-pyrrole nitrogens is 1. The lowest BCUT2D eigenvalue weighted by molar-refractivity contribution is 0.0686. The van der Waals surface area contributed by atoms with Gasteiger partial charge in [-0.05, 0) is 80.3 Å². The van der Waals surface area contributed by atoms with Crippen molar-refractivity contribution in [2.24, 2.45) is 5.92 Å². The van der Waals surface area contributed by atoms with Crippen LogP contribution in [0.15, 0.2) is 46.0 Å². The van der Waals surface area contributed by atoms with Gasteiger partial charge in [0.2, 0.25) is 0 Å². The zero-order valence-electron chi connectivity index (χ0n) is 18.7. The van der Waals surface area contributed by atoms with E-state index in [9.17, 15) is 14.4 Å². The van der Waals surface area contributed by atoms with Crippen LogP contribution in [0.4, 0.5) is 11.5 Å². The molecule has 0 radical (unpaired) electrons. The molecule has 1 fully saturated rings. The molecule has 8 heteroatoms. The molecular weight excluding hydrogens is 436 g/mol. The molecule has 3 heterocycles. The Bertz CT molecular complexity index is 1270. The van der Waals surface area contributed by atoms with E-state index >= 15 is 0 Å². The predicted octanol–water partition coefficient (Wildman–Crippen LogP) is 3.69. The molecule has 5 rings (SSSR count). The standard InChI is InChI=1S/C25H28N4O3S/c1-16-5-8-21(33-16)24(31)28-11-9-17(10-12-28)15-29-23(30)14-22(27-25(29)32)26-20-7-6-18-3-2-4-19(18)13-20/h5-8,13-14,17,26H,2-4,9-12,15H2,1H3,(H,27,32). The van der Waals surface area contributed by atoms with Gasteiger partial charge in [0, 0.05) is 36.3 Å². The fourth-order valence-corrected chi connectivity index (χ4v) is 5.68. The molecule has 0 atom stereocenters. The van der Waals surface area contributed by atoms with Crippen molar-refractivity contribution in [2.45, 2.75) is 45.6 Å². The van der Waals surface area contributed by atoms with Gasteiger partial charge in [-0.3, -0.25) is 19.1 Å². The first kappa shape index (κ1) is 21.7. The molecular formula is C25H28N4O3S. The van der Waals surface area contributed by atoms with Crippen LogP contribution in [-0.4, -0.2) is 33.4 Å². The Morgan fingerprint density at radius 1 is 1.09 bits per heavy atom. The Labute approximate surface area is 196 Å². The van der Waals surface area contributed by atoms with Crippen LogP contribution in [0.3, 0.4) is 0 Å². The molecule has 0 saturated carbocycles. The summed E-state index contributed by atoms with van der Waals surface area (Å²) < 4.78 is 1.28. The van der Waals surface area contributed by atoms with Crippen LogP contribution in [0.25, 0.3) is 0 Å². The second-order valence-corrected chi connectivity index (χ2v) is 10.3. The van der Waals surface area contributed by atoms with Crippen LogP contribution in [0.5, 0.6) is 0 Å². The van der Waals surface area contributed by atoms with E-state index < -0.39 is 5.69 Å². The van der Waals surface area contributed by atoms with E-state index in [-0.39, 0.29) is 17.4 Å². The Morgan fingerprint density at radius 3 is 2.61 bits per heavy atom. The Balaban J connectivity index is 1.22. The number of aromatic nitrogens is 2. The van der Waals surface area contributed by atoms with E-state index in [0.29, 0.717) is 25.5 Å². The number of carbonyl (C=O) groups is 1. The summed E-state index contributed by atoms with van der Waals surface area (Å²) in [5, 5.41) is 3.17. The number of benzene rings is 1. The minimum Gasteiger partial charge on any atom is -0.342 e. The Hall–Kier alpha value is -3.13. The number of amides is 1. The smallest absolute Gasteiger partial charge is 0.329 e. The molecule has 1 aliphatic heterocycles. The maximum atomic E-state index is 12.7. The molecule has 1 amide bonds. The number of hydrogen-bond acceptors (Lipinski definition) is 5. The molecule has 2 aromatic heterocycles. The van der Waals surface area contributed by atoms with E-state index in [4.69, 9.17) is 0 Å². The first-order chi connectivity index (χ1) is 16.0. The highest BCUT2D eigenvalue weighted by atomic mass is 32.1. The van der Waals surface area contributed by atoms with Gasteiger partial charge in [-0.2, -0.15) is 0 Å². The topological polar surface area (TPSA) is 87.2 Å². The van der Waals surface area contributed by atoms with E-state index in [1.807, 2.05) is 30.0 Å². The quantitative estimate of drug-likeness (QED) is 0.603. The van der Waals surface area contributed by atoms with E-state index in [1.54, 1.807) is 0 Å². The summed E-state index contributed by atoms with van der Waals surface area (Å²) in [6.45, 7) is 3.65. The van der Waals surface area contributed by atoms with Gasteiger partial charge < -0.3 is 10.2 Å². The second kappa shape index (κ2) is 9.02. The van der Waals surface area contributed by atoms with E-state index in [0.717, 1.165) is 41.1 Å². The van der Waals surface area contributed by atoms with Crippen molar-refractivity contribution in [1.29, 1.82) is 0 Å². The fraction of sp³-hybridized carbons (Fsp3) is 0.400. The Kier molecular flexibility index (Phi) is 5.93. The number of likely N-dealkylation sites (tertiary alicyclic amines) is 1. The minimum atomic E-state index is -0.404. The van der Waals surface area contributed by atoms with E-state index in [2.05, 4.69) is 22.4 Å². The first-order valence-corrected chi connectivity index (χ1v) is 12.4. The van der Waals surface area contributed by atoms with Crippen LogP contribution in [0, 0.1) is 12.8 Å². The van der Waals surface area contributed by atoms with Gasteiger partial charge in [-0.25, -0.2) is 4.79 Å². The van der Waals surface area contributed by atoms with Gasteiger partial charge in [-0.1, -0.05) is 6.07 Å². The molecule has 0 unspecified atom stereocenters. The summed E-state index contributed by atoms with van der Waals surface area (Å²) in [4.78, 5) is 44.6.